The van der Waals surface area contributed by atoms with Crippen molar-refractivity contribution in [2.75, 3.05) is 17.4 Å². The Bertz CT molecular complexity index is 573. The van der Waals surface area contributed by atoms with Crippen molar-refractivity contribution in [1.29, 1.82) is 0 Å². The average Bonchev–Trinajstić information content (AvgIpc) is 2.42. The highest BCUT2D eigenvalue weighted by molar-refractivity contribution is 5.48. The second kappa shape index (κ2) is 5.62. The van der Waals surface area contributed by atoms with Crippen LogP contribution in [0.4, 0.5) is 16.2 Å². The summed E-state index contributed by atoms with van der Waals surface area (Å²) >= 11 is 0. The van der Waals surface area contributed by atoms with Crippen LogP contribution in [0.15, 0.2) is 30.5 Å². The van der Waals surface area contributed by atoms with Crippen LogP contribution in [0.1, 0.15) is 11.1 Å². The van der Waals surface area contributed by atoms with Gasteiger partial charge in [0.2, 0.25) is 5.95 Å². The second-order valence-corrected chi connectivity index (χ2v) is 4.29. The summed E-state index contributed by atoms with van der Waals surface area (Å²) < 4.78 is 13.6. The Labute approximate surface area is 111 Å². The largest absolute Gasteiger partial charge is 0.355 e. The van der Waals surface area contributed by atoms with Crippen molar-refractivity contribution in [3.8, 4) is 0 Å². The predicted molar refractivity (Wildman–Crippen MR) is 73.1 cm³/mol. The van der Waals surface area contributed by atoms with E-state index in [2.05, 4.69) is 15.4 Å². The zero-order chi connectivity index (χ0) is 13.8. The minimum Gasteiger partial charge on any atom is -0.355 e. The Kier molecular flexibility index (Phi) is 3.91. The minimum absolute atomic E-state index is 0.224. The molecule has 0 fully saturated rings. The van der Waals surface area contributed by atoms with Crippen molar-refractivity contribution >= 4 is 11.8 Å². The number of hydrogen-bond donors (Lipinski definition) is 2. The molecule has 1 aromatic heterocycles. The molecule has 0 saturated carbocycles. The first-order valence-corrected chi connectivity index (χ1v) is 5.86. The molecule has 5 nitrogen and oxygen atoms in total. The summed E-state index contributed by atoms with van der Waals surface area (Å²) in [5.74, 6) is 6.12. The van der Waals surface area contributed by atoms with Gasteiger partial charge in [0.1, 0.15) is 11.6 Å². The number of nitrogens with two attached hydrogens (primary N) is 1. The summed E-state index contributed by atoms with van der Waals surface area (Å²) in [7, 11) is 1.85. The molecule has 0 saturated heterocycles. The van der Waals surface area contributed by atoms with Crippen molar-refractivity contribution in [2.45, 2.75) is 13.5 Å². The molecule has 100 valence electrons. The second-order valence-electron chi connectivity index (χ2n) is 4.29. The highest BCUT2D eigenvalue weighted by Crippen LogP contribution is 2.19. The maximum atomic E-state index is 13.6. The van der Waals surface area contributed by atoms with E-state index < -0.39 is 0 Å². The standard InChI is InChI=1S/C13H16FN5/c1-9-7-16-13(18-15)17-12(9)19(2)8-10-5-3-4-6-11(10)14/h3-7H,8,15H2,1-2H3,(H,16,17,18). The van der Waals surface area contributed by atoms with E-state index in [0.717, 1.165) is 5.56 Å². The lowest BCUT2D eigenvalue weighted by molar-refractivity contribution is 0.607. The summed E-state index contributed by atoms with van der Waals surface area (Å²) in [5, 5.41) is 0. The van der Waals surface area contributed by atoms with Gasteiger partial charge in [-0.2, -0.15) is 4.98 Å². The van der Waals surface area contributed by atoms with Crippen LogP contribution in [-0.2, 0) is 6.54 Å². The molecule has 0 aliphatic rings. The fourth-order valence-electron chi connectivity index (χ4n) is 1.85. The molecule has 0 unspecified atom stereocenters. The Hall–Kier alpha value is -2.21. The quantitative estimate of drug-likeness (QED) is 0.649. The van der Waals surface area contributed by atoms with Gasteiger partial charge in [0.05, 0.1) is 0 Å². The maximum Gasteiger partial charge on any atom is 0.239 e. The molecule has 19 heavy (non-hydrogen) atoms. The summed E-state index contributed by atoms with van der Waals surface area (Å²) in [6, 6.07) is 6.69. The summed E-state index contributed by atoms with van der Waals surface area (Å²) in [6.45, 7) is 2.32. The van der Waals surface area contributed by atoms with E-state index in [1.165, 1.54) is 6.07 Å². The molecule has 6 heteroatoms. The number of aromatic nitrogens is 2. The minimum atomic E-state index is -0.224. The van der Waals surface area contributed by atoms with E-state index in [-0.39, 0.29) is 5.82 Å². The lowest BCUT2D eigenvalue weighted by Gasteiger charge is -2.20. The third-order valence-electron chi connectivity index (χ3n) is 2.80. The molecule has 0 radical (unpaired) electrons. The lowest BCUT2D eigenvalue weighted by atomic mass is 10.2. The third-order valence-corrected chi connectivity index (χ3v) is 2.80. The molecule has 0 amide bonds. The molecule has 1 aromatic carbocycles. The van der Waals surface area contributed by atoms with Gasteiger partial charge in [-0.25, -0.2) is 15.2 Å². The van der Waals surface area contributed by atoms with Gasteiger partial charge in [-0.05, 0) is 13.0 Å². The Balaban J connectivity index is 2.25. The zero-order valence-electron chi connectivity index (χ0n) is 10.9. The van der Waals surface area contributed by atoms with Crippen LogP contribution >= 0.6 is 0 Å². The first-order valence-electron chi connectivity index (χ1n) is 5.86. The van der Waals surface area contributed by atoms with Gasteiger partial charge in [-0.1, -0.05) is 18.2 Å². The van der Waals surface area contributed by atoms with Gasteiger partial charge in [-0.15, -0.1) is 0 Å². The first-order chi connectivity index (χ1) is 9.11. The lowest BCUT2D eigenvalue weighted by Crippen LogP contribution is -2.21. The Morgan fingerprint density at radius 2 is 2.11 bits per heavy atom. The molecular formula is C13H16FN5. The average molecular weight is 261 g/mol. The number of nitrogens with zero attached hydrogens (tertiary/aromatic N) is 3. The number of nitrogens with one attached hydrogen (secondary N) is 1. The highest BCUT2D eigenvalue weighted by atomic mass is 19.1. The number of hydrogen-bond acceptors (Lipinski definition) is 5. The van der Waals surface area contributed by atoms with Crippen molar-refractivity contribution in [1.82, 2.24) is 9.97 Å². The number of benzene rings is 1. The maximum absolute atomic E-state index is 13.6. The van der Waals surface area contributed by atoms with Gasteiger partial charge in [0.25, 0.3) is 0 Å². The van der Waals surface area contributed by atoms with Crippen LogP contribution < -0.4 is 16.2 Å². The number of nitrogen functional groups attached to an aromatic ring is 1. The zero-order valence-corrected chi connectivity index (χ0v) is 10.9. The van der Waals surface area contributed by atoms with Gasteiger partial charge >= 0.3 is 0 Å². The number of hydrazine groups is 1. The highest BCUT2D eigenvalue weighted by Gasteiger charge is 2.11. The molecular weight excluding hydrogens is 245 g/mol. The number of rotatable bonds is 4. The topological polar surface area (TPSA) is 67.1 Å². The van der Waals surface area contributed by atoms with Crippen LogP contribution in [-0.4, -0.2) is 17.0 Å². The molecule has 0 spiro atoms. The molecule has 0 bridgehead atoms. The number of halogens is 1. The summed E-state index contributed by atoms with van der Waals surface area (Å²) in [6.07, 6.45) is 1.68. The van der Waals surface area contributed by atoms with Gasteiger partial charge in [0, 0.05) is 30.9 Å². The molecule has 0 atom stereocenters. The van der Waals surface area contributed by atoms with E-state index in [4.69, 9.17) is 5.84 Å². The molecule has 0 aliphatic heterocycles. The number of aryl methyl sites for hydroxylation is 1. The van der Waals surface area contributed by atoms with Crippen LogP contribution in [0, 0.1) is 12.7 Å². The van der Waals surface area contributed by atoms with Gasteiger partial charge in [0.15, 0.2) is 0 Å². The van der Waals surface area contributed by atoms with E-state index >= 15 is 0 Å². The van der Waals surface area contributed by atoms with Crippen molar-refractivity contribution in [3.05, 3.63) is 47.4 Å². The van der Waals surface area contributed by atoms with Gasteiger partial charge < -0.3 is 4.90 Å². The summed E-state index contributed by atoms with van der Waals surface area (Å²) in [5.41, 5.74) is 3.92. The number of anilines is 2. The van der Waals surface area contributed by atoms with Crippen LogP contribution in [0.5, 0.6) is 0 Å². The van der Waals surface area contributed by atoms with Crippen LogP contribution in [0.3, 0.4) is 0 Å². The first kappa shape index (κ1) is 13.2. The monoisotopic (exact) mass is 261 g/mol. The fraction of sp³-hybridized carbons (Fsp3) is 0.231. The molecule has 1 heterocycles. The fourth-order valence-corrected chi connectivity index (χ4v) is 1.85. The van der Waals surface area contributed by atoms with Crippen molar-refractivity contribution in [3.63, 3.8) is 0 Å². The van der Waals surface area contributed by atoms with E-state index in [1.807, 2.05) is 24.9 Å². The third kappa shape index (κ3) is 2.97. The normalized spacial score (nSPS) is 10.3. The molecule has 0 aliphatic carbocycles. The van der Waals surface area contributed by atoms with E-state index in [0.29, 0.717) is 23.9 Å². The smallest absolute Gasteiger partial charge is 0.239 e. The Morgan fingerprint density at radius 1 is 1.37 bits per heavy atom. The summed E-state index contributed by atoms with van der Waals surface area (Å²) in [4.78, 5) is 10.1. The Morgan fingerprint density at radius 3 is 2.79 bits per heavy atom. The van der Waals surface area contributed by atoms with Crippen LogP contribution in [0.25, 0.3) is 0 Å². The predicted octanol–water partition coefficient (Wildman–Crippen LogP) is 1.85. The van der Waals surface area contributed by atoms with E-state index in [9.17, 15) is 4.39 Å². The van der Waals surface area contributed by atoms with Crippen LogP contribution in [0.2, 0.25) is 0 Å². The molecule has 2 aromatic rings. The molecule has 2 rings (SSSR count). The van der Waals surface area contributed by atoms with Gasteiger partial charge in [-0.3, -0.25) is 5.43 Å². The van der Waals surface area contributed by atoms with Crippen molar-refractivity contribution < 1.29 is 4.39 Å². The van der Waals surface area contributed by atoms with Crippen molar-refractivity contribution in [2.24, 2.45) is 5.84 Å². The SMILES string of the molecule is Cc1cnc(NN)nc1N(C)Cc1ccccc1F. The van der Waals surface area contributed by atoms with E-state index in [1.54, 1.807) is 18.3 Å². The molecule has 3 N–H and O–H groups in total.